The Morgan fingerprint density at radius 1 is 0.154 bits per heavy atom. The first-order valence-corrected chi connectivity index (χ1v) is 50.3. The summed E-state index contributed by atoms with van der Waals surface area (Å²) in [6, 6.07) is 158. The maximum Gasteiger partial charge on any atom is 0.248 e. The lowest BCUT2D eigenvalue weighted by Gasteiger charge is -2.10. The molecule has 23 aromatic carbocycles. The second-order valence-electron chi connectivity index (χ2n) is 39.0. The molecule has 690 valence electrons. The highest BCUT2D eigenvalue weighted by atomic mass is 16.3. The highest BCUT2D eigenvalue weighted by Crippen LogP contribution is 2.49. The topological polar surface area (TPSA) is 146 Å². The number of rotatable bonds is 6. The molecule has 35 aromatic rings. The molecule has 12 aromatic heterocycles. The minimum atomic E-state index is 0.514. The van der Waals surface area contributed by atoms with Crippen LogP contribution in [0.5, 0.6) is 0 Å². The zero-order chi connectivity index (χ0) is 97.1. The van der Waals surface area contributed by atoms with Crippen LogP contribution in [0.2, 0.25) is 0 Å². The van der Waals surface area contributed by atoms with Crippen molar-refractivity contribution in [2.45, 2.75) is 0 Å². The van der Waals surface area contributed by atoms with E-state index in [0.29, 0.717) is 17.1 Å². The molecule has 0 saturated carbocycles. The van der Waals surface area contributed by atoms with Crippen molar-refractivity contribution in [3.63, 3.8) is 0 Å². The third-order valence-corrected chi connectivity index (χ3v) is 31.3. The van der Waals surface area contributed by atoms with Gasteiger partial charge in [-0.3, -0.25) is 13.7 Å². The third-order valence-electron chi connectivity index (χ3n) is 31.3. The van der Waals surface area contributed by atoms with Crippen LogP contribution in [-0.4, -0.2) is 57.3 Å². The van der Waals surface area contributed by atoms with Gasteiger partial charge in [-0.15, -0.1) is 0 Å². The minimum Gasteiger partial charge on any atom is -0.436 e. The van der Waals surface area contributed by atoms with Crippen LogP contribution in [0.1, 0.15) is 0 Å². The Balaban J connectivity index is 0.0000000974. The van der Waals surface area contributed by atoms with Gasteiger partial charge < -0.3 is 27.0 Å². The van der Waals surface area contributed by atoms with Gasteiger partial charge in [-0.2, -0.15) is 15.0 Å². The first kappa shape index (κ1) is 81.2. The Bertz CT molecular complexity index is 11900. The fourth-order valence-corrected chi connectivity index (χ4v) is 24.9. The Kier molecular flexibility index (Phi) is 16.9. The van der Waals surface area contributed by atoms with E-state index in [1.54, 1.807) is 0 Å². The van der Waals surface area contributed by atoms with E-state index in [2.05, 4.69) is 458 Å². The summed E-state index contributed by atoms with van der Waals surface area (Å²) >= 11 is 0. The van der Waals surface area contributed by atoms with Crippen molar-refractivity contribution in [1.82, 2.24) is 57.3 Å². The van der Waals surface area contributed by atoms with Crippen molar-refractivity contribution >= 4 is 284 Å². The summed E-state index contributed by atoms with van der Waals surface area (Å²) in [5.41, 5.74) is 22.8. The molecule has 0 unspecified atom stereocenters. The Morgan fingerprint density at radius 2 is 0.389 bits per heavy atom. The first-order chi connectivity index (χ1) is 73.9. The molecular formula is C134H76N12O3. The van der Waals surface area contributed by atoms with Gasteiger partial charge in [-0.05, 0) is 191 Å². The minimum absolute atomic E-state index is 0.514. The van der Waals surface area contributed by atoms with Gasteiger partial charge in [0.15, 0.2) is 17.5 Å². The molecule has 15 heteroatoms. The van der Waals surface area contributed by atoms with Crippen molar-refractivity contribution < 1.29 is 13.3 Å². The Labute approximate surface area is 844 Å². The number of furan rings is 3. The predicted octanol–water partition coefficient (Wildman–Crippen LogP) is 34.9. The third kappa shape index (κ3) is 11.8. The van der Waals surface area contributed by atoms with Crippen LogP contribution >= 0.6 is 0 Å². The Morgan fingerprint density at radius 3 is 0.752 bits per heavy atom. The average molecular weight is 1900 g/mol. The number of nitrogens with zero attached hydrogens (tertiary/aromatic N) is 12. The fraction of sp³-hybridized carbons (Fsp3) is 0. The molecule has 15 nitrogen and oxygen atoms in total. The number of hydrogen-bond donors (Lipinski definition) is 0. The molecule has 0 radical (unpaired) electrons. The van der Waals surface area contributed by atoms with Gasteiger partial charge in [0.05, 0.1) is 101 Å². The second-order valence-corrected chi connectivity index (χ2v) is 39.0. The molecule has 149 heavy (non-hydrogen) atoms. The van der Waals surface area contributed by atoms with E-state index in [1.807, 2.05) is 30.7 Å². The molecule has 0 aliphatic carbocycles. The zero-order valence-electron chi connectivity index (χ0n) is 79.5. The zero-order valence-corrected chi connectivity index (χ0v) is 79.5. The van der Waals surface area contributed by atoms with Crippen molar-refractivity contribution in [3.05, 3.63) is 461 Å². The van der Waals surface area contributed by atoms with E-state index in [1.165, 1.54) is 167 Å². The standard InChI is InChI=1S/C50H28N4O.2C42H24N4O/c1-5-13-34-29(9-1)17-22-39-45(34)46-35-14-6-2-10-30(35)18-23-40(46)53(39)33-21-26-43-38(27-33)49-50(55-43)52-44(28-51-49)54-41-24-19-31-11-3-7-15-36(31)47(41)48-37-16-8-4-12-32(37)20-25-42(48)54;1-3-11-28-25(9-1)17-20-35-39(28)30-13-5-7-15-33(30)45(35)27-19-22-37-32(23-27)41-42(47-37)44-38(24-43-41)46-34-16-8-6-14-31(34)40-29-12-4-2-10-26(29)18-21-36(40)46;1-3-11-28-25(9-1)17-20-32-30-13-5-7-15-35(30)45(40(28)32)27-19-22-37-34(23-27)39-42(47-37)44-38(24-43-39)46-36-16-8-6-14-31(36)33-21-18-26-10-2-4-12-29(26)41(33)46/h1-28H;2*1-24H. The molecule has 12 heterocycles. The summed E-state index contributed by atoms with van der Waals surface area (Å²) in [5, 5.41) is 37.1. The molecule has 0 N–H and O–H groups in total. The van der Waals surface area contributed by atoms with Crippen molar-refractivity contribution in [2.24, 2.45) is 0 Å². The molecule has 0 saturated heterocycles. The number of benzene rings is 23. The van der Waals surface area contributed by atoms with E-state index in [4.69, 9.17) is 43.2 Å². The SMILES string of the molecule is c1ccc2c(c1)ccc1c2c2c3ccccc3ccc2n1-c1ccc2oc3nc(-n4c5ccc6ccccc6c5c5c6ccccc6ccc54)cnc3c2c1.c1ccc2c(c1)ccc1c2c2ccccc2n1-c1ccc2oc3nc(-n4c5ccccc5c5c6ccccc6ccc54)cnc3c2c1.c1ccc2c(c1)ccc1c3ccccc3n(-c3ccc4oc5nc(-n6c7ccccc7c7ccc8ccccc8c76)cnc5c4c3)c21. The van der Waals surface area contributed by atoms with Gasteiger partial charge in [0.2, 0.25) is 17.1 Å². The number of hydrogen-bond acceptors (Lipinski definition) is 9. The number of aromatic nitrogens is 12. The molecule has 0 atom stereocenters. The van der Waals surface area contributed by atoms with Gasteiger partial charge >= 0.3 is 0 Å². The molecule has 0 spiro atoms. The highest BCUT2D eigenvalue weighted by Gasteiger charge is 2.28. The van der Waals surface area contributed by atoms with Crippen LogP contribution in [0.4, 0.5) is 0 Å². The van der Waals surface area contributed by atoms with Crippen LogP contribution in [0, 0.1) is 0 Å². The largest absolute Gasteiger partial charge is 0.436 e. The molecule has 0 aliphatic heterocycles. The fourth-order valence-electron chi connectivity index (χ4n) is 24.9. The van der Waals surface area contributed by atoms with Crippen LogP contribution in [0.25, 0.3) is 318 Å². The summed E-state index contributed by atoms with van der Waals surface area (Å²) < 4.78 is 33.1. The van der Waals surface area contributed by atoms with E-state index >= 15 is 0 Å². The summed E-state index contributed by atoms with van der Waals surface area (Å²) in [4.78, 5) is 30.6. The van der Waals surface area contributed by atoms with Gasteiger partial charge in [0.25, 0.3) is 0 Å². The normalized spacial score (nSPS) is 12.3. The van der Waals surface area contributed by atoms with Crippen LogP contribution in [0.3, 0.4) is 0 Å². The van der Waals surface area contributed by atoms with Gasteiger partial charge in [-0.25, -0.2) is 15.0 Å². The molecular weight excluding hydrogens is 1830 g/mol. The maximum atomic E-state index is 6.52. The summed E-state index contributed by atoms with van der Waals surface area (Å²) in [6.07, 6.45) is 5.65. The maximum absolute atomic E-state index is 6.52. The number of fused-ring (bicyclic) bond motifs is 43. The first-order valence-electron chi connectivity index (χ1n) is 50.3. The molecule has 0 aliphatic rings. The quantitative estimate of drug-likeness (QED) is 0.159. The van der Waals surface area contributed by atoms with Gasteiger partial charge in [0, 0.05) is 92.5 Å². The van der Waals surface area contributed by atoms with E-state index < -0.39 is 0 Å². The Hall–Kier alpha value is -20.4. The van der Waals surface area contributed by atoms with Gasteiger partial charge in [-0.1, -0.05) is 328 Å². The molecule has 35 rings (SSSR count). The summed E-state index contributed by atoms with van der Waals surface area (Å²) in [6.45, 7) is 0. The lowest BCUT2D eigenvalue weighted by atomic mass is 10.00. The van der Waals surface area contributed by atoms with E-state index in [9.17, 15) is 0 Å². The number of para-hydroxylation sites is 4. The summed E-state index contributed by atoms with van der Waals surface area (Å²) in [7, 11) is 0. The second kappa shape index (κ2) is 31.1. The highest BCUT2D eigenvalue weighted by molar-refractivity contribution is 6.32. The van der Waals surface area contributed by atoms with Crippen molar-refractivity contribution in [2.75, 3.05) is 0 Å². The predicted molar refractivity (Wildman–Crippen MR) is 614 cm³/mol. The summed E-state index contributed by atoms with van der Waals surface area (Å²) in [5.74, 6) is 2.18. The average Bonchev–Trinajstić information content (AvgIpc) is 1.56. The molecule has 0 fully saturated rings. The van der Waals surface area contributed by atoms with Crippen LogP contribution in [-0.2, 0) is 0 Å². The van der Waals surface area contributed by atoms with Crippen LogP contribution in [0.15, 0.2) is 475 Å². The smallest absolute Gasteiger partial charge is 0.248 e. The van der Waals surface area contributed by atoms with Crippen molar-refractivity contribution in [1.29, 1.82) is 0 Å². The van der Waals surface area contributed by atoms with Gasteiger partial charge in [0.1, 0.15) is 33.3 Å². The lowest BCUT2D eigenvalue weighted by molar-refractivity contribution is 0.651. The van der Waals surface area contributed by atoms with E-state index in [0.717, 1.165) is 134 Å². The van der Waals surface area contributed by atoms with E-state index in [-0.39, 0.29) is 0 Å². The molecule has 0 amide bonds. The van der Waals surface area contributed by atoms with Crippen LogP contribution < -0.4 is 0 Å². The monoisotopic (exact) mass is 1900 g/mol. The molecule has 0 bridgehead atoms. The lowest BCUT2D eigenvalue weighted by Crippen LogP contribution is -1.99. The van der Waals surface area contributed by atoms with Crippen molar-refractivity contribution in [3.8, 4) is 34.5 Å².